The monoisotopic (exact) mass is 526 g/mol. The molecule has 1 aliphatic rings. The van der Waals surface area contributed by atoms with Crippen LogP contribution in [0.2, 0.25) is 0 Å². The van der Waals surface area contributed by atoms with Gasteiger partial charge in [-0.05, 0) is 69.7 Å². The predicted octanol–water partition coefficient (Wildman–Crippen LogP) is 2.36. The zero-order valence-corrected chi connectivity index (χ0v) is 22.2. The third-order valence-corrected chi connectivity index (χ3v) is 6.68. The number of carbonyl (C=O) groups excluding carboxylic acids is 4. The number of nitrogens with one attached hydrogen (secondary N) is 3. The highest BCUT2D eigenvalue weighted by molar-refractivity contribution is 6.42. The summed E-state index contributed by atoms with van der Waals surface area (Å²) in [6.07, 6.45) is 2.27. The molecule has 1 atom stereocenters. The van der Waals surface area contributed by atoms with Crippen LogP contribution in [0.25, 0.3) is 11.6 Å². The van der Waals surface area contributed by atoms with E-state index in [1.54, 1.807) is 13.8 Å². The van der Waals surface area contributed by atoms with Crippen LogP contribution in [0.5, 0.6) is 0 Å². The number of carbonyl (C=O) groups is 4. The summed E-state index contributed by atoms with van der Waals surface area (Å²) < 4.78 is 14.2. The zero-order chi connectivity index (χ0) is 28.0. The van der Waals surface area contributed by atoms with Gasteiger partial charge in [-0.1, -0.05) is 13.8 Å². The van der Waals surface area contributed by atoms with Crippen molar-refractivity contribution in [1.82, 2.24) is 20.5 Å². The molecular formula is C27H35FN6O4. The van der Waals surface area contributed by atoms with Crippen molar-refractivity contribution in [3.63, 3.8) is 0 Å². The number of anilines is 1. The van der Waals surface area contributed by atoms with Crippen molar-refractivity contribution in [2.24, 2.45) is 5.73 Å². The molecule has 1 aromatic carbocycles. The van der Waals surface area contributed by atoms with E-state index in [4.69, 9.17) is 5.73 Å². The van der Waals surface area contributed by atoms with Gasteiger partial charge in [0.1, 0.15) is 12.1 Å². The first-order valence-electron chi connectivity index (χ1n) is 12.7. The second-order valence-electron chi connectivity index (χ2n) is 9.08. The number of halogens is 1. The normalized spacial score (nSPS) is 14.7. The fourth-order valence-electron chi connectivity index (χ4n) is 4.54. The van der Waals surface area contributed by atoms with Crippen LogP contribution in [0.3, 0.4) is 0 Å². The van der Waals surface area contributed by atoms with Gasteiger partial charge in [0.2, 0.25) is 0 Å². The Morgan fingerprint density at radius 3 is 2.58 bits per heavy atom. The summed E-state index contributed by atoms with van der Waals surface area (Å²) in [5.74, 6) is -1.50. The van der Waals surface area contributed by atoms with E-state index in [1.807, 2.05) is 0 Å². The van der Waals surface area contributed by atoms with Gasteiger partial charge in [-0.25, -0.2) is 14.1 Å². The van der Waals surface area contributed by atoms with E-state index in [9.17, 15) is 23.6 Å². The van der Waals surface area contributed by atoms with E-state index < -0.39 is 23.8 Å². The summed E-state index contributed by atoms with van der Waals surface area (Å²) >= 11 is 0. The molecule has 10 nitrogen and oxygen atoms in total. The van der Waals surface area contributed by atoms with Gasteiger partial charge in [0.05, 0.1) is 22.9 Å². The van der Waals surface area contributed by atoms with Gasteiger partial charge in [0.25, 0.3) is 11.8 Å². The van der Waals surface area contributed by atoms with Gasteiger partial charge in [-0.15, -0.1) is 0 Å². The highest BCUT2D eigenvalue weighted by atomic mass is 19.1. The zero-order valence-electron chi connectivity index (χ0n) is 22.2. The molecule has 0 saturated carbocycles. The Morgan fingerprint density at radius 1 is 1.24 bits per heavy atom. The number of aldehydes is 1. The van der Waals surface area contributed by atoms with Crippen LogP contribution in [-0.2, 0) is 9.59 Å². The number of benzene rings is 1. The van der Waals surface area contributed by atoms with Gasteiger partial charge in [0.15, 0.2) is 0 Å². The first-order valence-corrected chi connectivity index (χ1v) is 12.7. The fraction of sp³-hybridized carbons (Fsp3) is 0.407. The predicted molar refractivity (Wildman–Crippen MR) is 144 cm³/mol. The Hall–Kier alpha value is -3.83. The third kappa shape index (κ3) is 6.00. The molecule has 204 valence electrons. The standard InChI is InChI=1S/C27H35FN6O4/c1-5-33(6-2)12-11-30-25(36)24-16(3)22(31-17(24)4)14-21-20-13-18(28)7-8-23(20)34(26(21)37)27(38)32-19(15-35)9-10-29/h7-8,13-15,19,31H,5-6,9-12,29H2,1-4H3,(H,30,36)(H,32,38)/b21-14-/t19-/m0/s1. The molecule has 38 heavy (non-hydrogen) atoms. The van der Waals surface area contributed by atoms with E-state index in [2.05, 4.69) is 34.4 Å². The number of nitrogens with two attached hydrogens (primary N) is 1. The van der Waals surface area contributed by atoms with Gasteiger partial charge in [-0.3, -0.25) is 9.59 Å². The molecule has 2 aromatic rings. The summed E-state index contributed by atoms with van der Waals surface area (Å²) in [5, 5.41) is 5.43. The first kappa shape index (κ1) is 28.7. The molecule has 11 heteroatoms. The molecule has 0 aliphatic carbocycles. The highest BCUT2D eigenvalue weighted by Crippen LogP contribution is 2.39. The van der Waals surface area contributed by atoms with E-state index in [-0.39, 0.29) is 35.7 Å². The number of fused-ring (bicyclic) bond motifs is 1. The second kappa shape index (κ2) is 12.6. The Morgan fingerprint density at radius 2 is 1.95 bits per heavy atom. The number of urea groups is 1. The Kier molecular flexibility index (Phi) is 9.54. The summed E-state index contributed by atoms with van der Waals surface area (Å²) in [4.78, 5) is 56.8. The molecule has 1 aromatic heterocycles. The smallest absolute Gasteiger partial charge is 0.329 e. The minimum atomic E-state index is -0.867. The van der Waals surface area contributed by atoms with Crippen LogP contribution in [0.4, 0.5) is 14.9 Å². The van der Waals surface area contributed by atoms with E-state index in [0.29, 0.717) is 35.3 Å². The Balaban J connectivity index is 1.92. The van der Waals surface area contributed by atoms with Crippen molar-refractivity contribution in [3.8, 4) is 0 Å². The number of likely N-dealkylation sites (N-methyl/N-ethyl adjacent to an activating group) is 1. The van der Waals surface area contributed by atoms with Crippen molar-refractivity contribution in [3.05, 3.63) is 52.1 Å². The van der Waals surface area contributed by atoms with Crippen molar-refractivity contribution in [1.29, 1.82) is 0 Å². The van der Waals surface area contributed by atoms with Gasteiger partial charge < -0.3 is 31.0 Å². The molecule has 4 amide bonds. The molecule has 2 heterocycles. The van der Waals surface area contributed by atoms with E-state index >= 15 is 0 Å². The lowest BCUT2D eigenvalue weighted by molar-refractivity contribution is -0.112. The largest absolute Gasteiger partial charge is 0.358 e. The van der Waals surface area contributed by atoms with Gasteiger partial charge in [0, 0.05) is 30.0 Å². The quantitative estimate of drug-likeness (QED) is 0.262. The molecular weight excluding hydrogens is 491 g/mol. The number of hydrogen-bond donors (Lipinski definition) is 4. The number of hydrogen-bond acceptors (Lipinski definition) is 6. The number of aromatic amines is 1. The van der Waals surface area contributed by atoms with Crippen molar-refractivity contribution < 1.29 is 23.6 Å². The number of amides is 4. The summed E-state index contributed by atoms with van der Waals surface area (Å²) in [6, 6.07) is 1.98. The van der Waals surface area contributed by atoms with Crippen LogP contribution in [0.1, 0.15) is 53.1 Å². The molecule has 0 fully saturated rings. The SMILES string of the molecule is CCN(CC)CCNC(=O)c1c(C)[nH]c(/C=C2\C(=O)N(C(=O)N[C@H](C=O)CCN)c3ccc(F)cc32)c1C. The molecule has 0 unspecified atom stereocenters. The molecule has 0 radical (unpaired) electrons. The Bertz CT molecular complexity index is 1250. The lowest BCUT2D eigenvalue weighted by Crippen LogP contribution is -2.47. The molecule has 3 rings (SSSR count). The summed E-state index contributed by atoms with van der Waals surface area (Å²) in [5.41, 5.74) is 8.17. The number of nitrogens with zero attached hydrogens (tertiary/aromatic N) is 2. The minimum absolute atomic E-state index is 0.0777. The lowest BCUT2D eigenvalue weighted by atomic mass is 10.0. The van der Waals surface area contributed by atoms with Gasteiger partial charge >= 0.3 is 6.03 Å². The first-order chi connectivity index (χ1) is 18.2. The number of aromatic nitrogens is 1. The maximum absolute atomic E-state index is 14.2. The van der Waals surface area contributed by atoms with E-state index in [1.165, 1.54) is 18.2 Å². The van der Waals surface area contributed by atoms with Crippen LogP contribution >= 0.6 is 0 Å². The third-order valence-electron chi connectivity index (χ3n) is 6.68. The molecule has 0 bridgehead atoms. The lowest BCUT2D eigenvalue weighted by Gasteiger charge is -2.19. The minimum Gasteiger partial charge on any atom is -0.358 e. The average Bonchev–Trinajstić information content (AvgIpc) is 3.32. The van der Waals surface area contributed by atoms with E-state index in [0.717, 1.165) is 30.6 Å². The highest BCUT2D eigenvalue weighted by Gasteiger charge is 2.38. The topological polar surface area (TPSA) is 141 Å². The second-order valence-corrected chi connectivity index (χ2v) is 9.08. The summed E-state index contributed by atoms with van der Waals surface area (Å²) in [6.45, 7) is 10.8. The maximum atomic E-state index is 14.2. The molecule has 1 aliphatic heterocycles. The molecule has 0 spiro atoms. The van der Waals surface area contributed by atoms with Crippen LogP contribution in [-0.4, -0.2) is 72.8 Å². The van der Waals surface area contributed by atoms with Crippen LogP contribution in [0, 0.1) is 19.7 Å². The van der Waals surface area contributed by atoms with Crippen LogP contribution in [0.15, 0.2) is 18.2 Å². The van der Waals surface area contributed by atoms with Crippen molar-refractivity contribution in [2.45, 2.75) is 40.2 Å². The van der Waals surface area contributed by atoms with Crippen LogP contribution < -0.4 is 21.3 Å². The van der Waals surface area contributed by atoms with Crippen molar-refractivity contribution >= 4 is 41.5 Å². The number of aryl methyl sites for hydroxylation is 1. The number of rotatable bonds is 11. The average molecular weight is 527 g/mol. The maximum Gasteiger partial charge on any atom is 0.329 e. The van der Waals surface area contributed by atoms with Gasteiger partial charge in [-0.2, -0.15) is 0 Å². The Labute approximate surface area is 221 Å². The fourth-order valence-corrected chi connectivity index (χ4v) is 4.54. The molecule has 0 saturated heterocycles. The summed E-state index contributed by atoms with van der Waals surface area (Å²) in [7, 11) is 0. The number of imide groups is 1. The number of H-pyrrole nitrogens is 1. The van der Waals surface area contributed by atoms with Crippen molar-refractivity contribution in [2.75, 3.05) is 37.6 Å². The molecule has 5 N–H and O–H groups in total.